The Labute approximate surface area is 131 Å². The number of benzene rings is 1. The molecule has 2 aromatic rings. The van der Waals surface area contributed by atoms with E-state index in [2.05, 4.69) is 27.0 Å². The molecule has 4 heteroatoms. The van der Waals surface area contributed by atoms with E-state index < -0.39 is 0 Å². The lowest BCUT2D eigenvalue weighted by molar-refractivity contribution is -0.126. The molecule has 1 fully saturated rings. The summed E-state index contributed by atoms with van der Waals surface area (Å²) in [6.07, 6.45) is 9.46. The number of carbonyl (C=O) groups is 1. The first kappa shape index (κ1) is 14.8. The summed E-state index contributed by atoms with van der Waals surface area (Å²) in [4.78, 5) is 16.6. The normalized spacial score (nSPS) is 15.7. The molecule has 1 aromatic heterocycles. The molecule has 0 unspecified atom stereocenters. The van der Waals surface area contributed by atoms with Gasteiger partial charge in [0.05, 0.1) is 5.69 Å². The van der Waals surface area contributed by atoms with Gasteiger partial charge in [0.15, 0.2) is 0 Å². The number of nitrogens with zero attached hydrogens (tertiary/aromatic N) is 2. The zero-order valence-electron chi connectivity index (χ0n) is 13.1. The number of aromatic nitrogens is 2. The predicted molar refractivity (Wildman–Crippen MR) is 86.7 cm³/mol. The molecule has 1 N–H and O–H groups in total. The lowest BCUT2D eigenvalue weighted by atomic mass is 9.88. The van der Waals surface area contributed by atoms with Crippen LogP contribution < -0.4 is 5.32 Å². The molecule has 4 nitrogen and oxygen atoms in total. The van der Waals surface area contributed by atoms with E-state index >= 15 is 0 Å². The van der Waals surface area contributed by atoms with Crippen LogP contribution in [-0.4, -0.2) is 15.5 Å². The van der Waals surface area contributed by atoms with E-state index in [1.807, 2.05) is 25.3 Å². The van der Waals surface area contributed by atoms with Gasteiger partial charge in [-0.2, -0.15) is 0 Å². The monoisotopic (exact) mass is 297 g/mol. The highest BCUT2D eigenvalue weighted by atomic mass is 16.1. The van der Waals surface area contributed by atoms with Crippen molar-refractivity contribution in [3.05, 3.63) is 48.0 Å². The van der Waals surface area contributed by atoms with Crippen LogP contribution in [0.25, 0.3) is 5.69 Å². The quantitative estimate of drug-likeness (QED) is 0.940. The fourth-order valence-corrected chi connectivity index (χ4v) is 3.22. The van der Waals surface area contributed by atoms with Crippen LogP contribution >= 0.6 is 0 Å². The minimum atomic E-state index is 0.205. The second kappa shape index (κ2) is 6.77. The van der Waals surface area contributed by atoms with Gasteiger partial charge in [-0.25, -0.2) is 4.98 Å². The van der Waals surface area contributed by atoms with Gasteiger partial charge in [0.1, 0.15) is 5.82 Å². The van der Waals surface area contributed by atoms with Crippen molar-refractivity contribution in [1.82, 2.24) is 14.9 Å². The molecule has 0 aliphatic heterocycles. The van der Waals surface area contributed by atoms with Gasteiger partial charge in [0.2, 0.25) is 5.91 Å². The van der Waals surface area contributed by atoms with Crippen molar-refractivity contribution < 1.29 is 4.79 Å². The highest BCUT2D eigenvalue weighted by Crippen LogP contribution is 2.24. The van der Waals surface area contributed by atoms with Gasteiger partial charge in [0.25, 0.3) is 0 Å². The van der Waals surface area contributed by atoms with Crippen LogP contribution in [0.1, 0.15) is 43.5 Å². The third kappa shape index (κ3) is 3.21. The van der Waals surface area contributed by atoms with E-state index in [9.17, 15) is 4.79 Å². The Morgan fingerprint density at radius 1 is 1.27 bits per heavy atom. The van der Waals surface area contributed by atoms with Crippen LogP contribution in [0.4, 0.5) is 0 Å². The standard InChI is InChI=1S/C18H23N3O/c1-14-19-11-12-21(14)17-10-6-5-9-16(17)13-20-18(22)15-7-3-2-4-8-15/h5-6,9-12,15H,2-4,7-8,13H2,1H3,(H,20,22). The van der Waals surface area contributed by atoms with E-state index in [1.54, 1.807) is 6.20 Å². The predicted octanol–water partition coefficient (Wildman–Crippen LogP) is 3.38. The maximum absolute atomic E-state index is 12.3. The van der Waals surface area contributed by atoms with Crippen molar-refractivity contribution in [1.29, 1.82) is 0 Å². The largest absolute Gasteiger partial charge is 0.352 e. The van der Waals surface area contributed by atoms with Crippen LogP contribution in [0.15, 0.2) is 36.7 Å². The molecule has 1 saturated carbocycles. The first-order valence-corrected chi connectivity index (χ1v) is 8.11. The molecule has 116 valence electrons. The van der Waals surface area contributed by atoms with Gasteiger partial charge in [-0.15, -0.1) is 0 Å². The summed E-state index contributed by atoms with van der Waals surface area (Å²) in [5.74, 6) is 1.36. The molecular formula is C18H23N3O. The van der Waals surface area contributed by atoms with Crippen LogP contribution in [0.3, 0.4) is 0 Å². The Morgan fingerprint density at radius 3 is 2.77 bits per heavy atom. The SMILES string of the molecule is Cc1nccn1-c1ccccc1CNC(=O)C1CCCCC1. The molecule has 0 atom stereocenters. The molecule has 1 aliphatic carbocycles. The van der Waals surface area contributed by atoms with Crippen molar-refractivity contribution in [3.63, 3.8) is 0 Å². The first-order valence-electron chi connectivity index (χ1n) is 8.11. The average molecular weight is 297 g/mol. The maximum Gasteiger partial charge on any atom is 0.223 e. The number of rotatable bonds is 4. The fourth-order valence-electron chi connectivity index (χ4n) is 3.22. The number of nitrogens with one attached hydrogen (secondary N) is 1. The van der Waals surface area contributed by atoms with Crippen molar-refractivity contribution in [2.45, 2.75) is 45.6 Å². The lowest BCUT2D eigenvalue weighted by Gasteiger charge is -2.21. The Morgan fingerprint density at radius 2 is 2.05 bits per heavy atom. The maximum atomic E-state index is 12.3. The third-order valence-corrected chi connectivity index (χ3v) is 4.51. The Hall–Kier alpha value is -2.10. The molecule has 1 amide bonds. The number of hydrogen-bond acceptors (Lipinski definition) is 2. The Kier molecular flexibility index (Phi) is 4.56. The fraction of sp³-hybridized carbons (Fsp3) is 0.444. The van der Waals surface area contributed by atoms with Gasteiger partial charge >= 0.3 is 0 Å². The second-order valence-electron chi connectivity index (χ2n) is 6.03. The lowest BCUT2D eigenvalue weighted by Crippen LogP contribution is -2.31. The molecule has 0 bridgehead atoms. The van der Waals surface area contributed by atoms with Crippen LogP contribution in [0.5, 0.6) is 0 Å². The summed E-state index contributed by atoms with van der Waals surface area (Å²) >= 11 is 0. The first-order chi connectivity index (χ1) is 10.8. The average Bonchev–Trinajstić information content (AvgIpc) is 2.99. The van der Waals surface area contributed by atoms with Crippen LogP contribution in [0.2, 0.25) is 0 Å². The molecule has 22 heavy (non-hydrogen) atoms. The van der Waals surface area contributed by atoms with Crippen LogP contribution in [0, 0.1) is 12.8 Å². The molecular weight excluding hydrogens is 274 g/mol. The summed E-state index contributed by atoms with van der Waals surface area (Å²) in [6, 6.07) is 8.16. The topological polar surface area (TPSA) is 46.9 Å². The smallest absolute Gasteiger partial charge is 0.223 e. The highest BCUT2D eigenvalue weighted by Gasteiger charge is 2.20. The summed E-state index contributed by atoms with van der Waals surface area (Å²) in [7, 11) is 0. The van der Waals surface area contributed by atoms with Gasteiger partial charge in [-0.1, -0.05) is 37.5 Å². The molecule has 0 spiro atoms. The summed E-state index contributed by atoms with van der Waals surface area (Å²) < 4.78 is 2.06. The van der Waals surface area contributed by atoms with E-state index in [-0.39, 0.29) is 11.8 Å². The zero-order valence-corrected chi connectivity index (χ0v) is 13.1. The van der Waals surface area contributed by atoms with Gasteiger partial charge in [-0.05, 0) is 31.4 Å². The zero-order chi connectivity index (χ0) is 15.4. The summed E-state index contributed by atoms with van der Waals surface area (Å²) in [6.45, 7) is 2.56. The van der Waals surface area contributed by atoms with E-state index in [0.29, 0.717) is 6.54 Å². The van der Waals surface area contributed by atoms with Crippen LogP contribution in [-0.2, 0) is 11.3 Å². The Bertz CT molecular complexity index is 641. The van der Waals surface area contributed by atoms with Crippen molar-refractivity contribution in [2.24, 2.45) is 5.92 Å². The van der Waals surface area contributed by atoms with Crippen molar-refractivity contribution in [2.75, 3.05) is 0 Å². The van der Waals surface area contributed by atoms with E-state index in [4.69, 9.17) is 0 Å². The number of carbonyl (C=O) groups excluding carboxylic acids is 1. The Balaban J connectivity index is 1.70. The number of imidazole rings is 1. The van der Waals surface area contributed by atoms with E-state index in [1.165, 1.54) is 19.3 Å². The molecule has 3 rings (SSSR count). The number of hydrogen-bond donors (Lipinski definition) is 1. The molecule has 0 radical (unpaired) electrons. The summed E-state index contributed by atoms with van der Waals surface area (Å²) in [5.41, 5.74) is 2.20. The van der Waals surface area contributed by atoms with Crippen molar-refractivity contribution in [3.8, 4) is 5.69 Å². The van der Waals surface area contributed by atoms with Gasteiger partial charge < -0.3 is 9.88 Å². The van der Waals surface area contributed by atoms with Gasteiger partial charge in [0, 0.05) is 24.9 Å². The highest BCUT2D eigenvalue weighted by molar-refractivity contribution is 5.78. The third-order valence-electron chi connectivity index (χ3n) is 4.51. The number of aryl methyl sites for hydroxylation is 1. The number of para-hydroxylation sites is 1. The minimum Gasteiger partial charge on any atom is -0.352 e. The molecule has 1 aliphatic rings. The molecule has 1 heterocycles. The second-order valence-corrected chi connectivity index (χ2v) is 6.03. The van der Waals surface area contributed by atoms with Crippen molar-refractivity contribution >= 4 is 5.91 Å². The molecule has 0 saturated heterocycles. The summed E-state index contributed by atoms with van der Waals surface area (Å²) in [5, 5.41) is 3.12. The van der Waals surface area contributed by atoms with E-state index in [0.717, 1.165) is 29.9 Å². The van der Waals surface area contributed by atoms with Gasteiger partial charge in [-0.3, -0.25) is 4.79 Å². The molecule has 1 aromatic carbocycles. The number of amides is 1. The minimum absolute atomic E-state index is 0.205.